The van der Waals surface area contributed by atoms with E-state index < -0.39 is 25.9 Å². The number of hydrogen-bond donors (Lipinski definition) is 0. The Morgan fingerprint density at radius 1 is 1.25 bits per heavy atom. The first-order chi connectivity index (χ1) is 9.34. The van der Waals surface area contributed by atoms with E-state index in [0.717, 1.165) is 0 Å². The van der Waals surface area contributed by atoms with Gasteiger partial charge < -0.3 is 0 Å². The fraction of sp³-hybridized carbons (Fsp3) is 0.538. The maximum Gasteiger partial charge on any atom is 0.218 e. The Kier molecular flexibility index (Phi) is 4.51. The van der Waals surface area contributed by atoms with E-state index in [4.69, 9.17) is 0 Å². The second-order valence-electron chi connectivity index (χ2n) is 5.00. The summed E-state index contributed by atoms with van der Waals surface area (Å²) < 4.78 is 49.3. The van der Waals surface area contributed by atoms with Gasteiger partial charge in [0.15, 0.2) is 9.84 Å². The second kappa shape index (κ2) is 5.83. The van der Waals surface area contributed by atoms with Crippen molar-refractivity contribution in [1.82, 2.24) is 4.31 Å². The first kappa shape index (κ1) is 15.5. The number of rotatable bonds is 5. The maximum atomic E-state index is 12.5. The van der Waals surface area contributed by atoms with Gasteiger partial charge in [-0.05, 0) is 12.0 Å². The fourth-order valence-electron chi connectivity index (χ4n) is 2.55. The van der Waals surface area contributed by atoms with E-state index >= 15 is 0 Å². The number of hydrogen-bond acceptors (Lipinski definition) is 4. The minimum absolute atomic E-state index is 0.0607. The standard InChI is InChI=1S/C13H19NO4S2/c1-2-14(13-8-9-19(15,16)11-13)20(17,18)10-12-6-4-3-5-7-12/h3-7,13H,2,8-11H2,1H3. The van der Waals surface area contributed by atoms with Crippen molar-refractivity contribution in [2.24, 2.45) is 0 Å². The molecule has 5 nitrogen and oxygen atoms in total. The molecule has 0 saturated carbocycles. The minimum atomic E-state index is -3.49. The molecule has 112 valence electrons. The molecule has 20 heavy (non-hydrogen) atoms. The van der Waals surface area contributed by atoms with Crippen molar-refractivity contribution in [2.45, 2.75) is 25.1 Å². The Hall–Kier alpha value is -0.920. The van der Waals surface area contributed by atoms with Crippen LogP contribution in [-0.4, -0.2) is 45.2 Å². The van der Waals surface area contributed by atoms with Gasteiger partial charge in [0, 0.05) is 12.6 Å². The van der Waals surface area contributed by atoms with Crippen LogP contribution < -0.4 is 0 Å². The summed E-state index contributed by atoms with van der Waals surface area (Å²) in [5, 5.41) is 0. The topological polar surface area (TPSA) is 71.5 Å². The minimum Gasteiger partial charge on any atom is -0.229 e. The summed E-state index contributed by atoms with van der Waals surface area (Å²) in [5.41, 5.74) is 0.715. The molecular weight excluding hydrogens is 298 g/mol. The zero-order valence-corrected chi connectivity index (χ0v) is 13.0. The molecule has 0 spiro atoms. The van der Waals surface area contributed by atoms with Gasteiger partial charge >= 0.3 is 0 Å². The predicted molar refractivity (Wildman–Crippen MR) is 78.5 cm³/mol. The highest BCUT2D eigenvalue weighted by atomic mass is 32.2. The van der Waals surface area contributed by atoms with Crippen molar-refractivity contribution in [2.75, 3.05) is 18.1 Å². The van der Waals surface area contributed by atoms with Crippen LogP contribution in [-0.2, 0) is 25.6 Å². The van der Waals surface area contributed by atoms with Gasteiger partial charge in [-0.1, -0.05) is 37.3 Å². The summed E-state index contributed by atoms with van der Waals surface area (Å²) >= 11 is 0. The molecule has 0 N–H and O–H groups in total. The molecule has 0 aliphatic carbocycles. The number of sulfonamides is 1. The molecule has 0 amide bonds. The van der Waals surface area contributed by atoms with Gasteiger partial charge in [0.2, 0.25) is 10.0 Å². The summed E-state index contributed by atoms with van der Waals surface area (Å²) in [7, 11) is -6.58. The first-order valence-electron chi connectivity index (χ1n) is 6.58. The van der Waals surface area contributed by atoms with Crippen LogP contribution in [0.5, 0.6) is 0 Å². The average molecular weight is 317 g/mol. The molecule has 1 fully saturated rings. The number of nitrogens with zero attached hydrogens (tertiary/aromatic N) is 1. The lowest BCUT2D eigenvalue weighted by atomic mass is 10.2. The largest absolute Gasteiger partial charge is 0.229 e. The van der Waals surface area contributed by atoms with Crippen LogP contribution in [0, 0.1) is 0 Å². The van der Waals surface area contributed by atoms with E-state index in [0.29, 0.717) is 18.5 Å². The summed E-state index contributed by atoms with van der Waals surface area (Å²) in [5.74, 6) is -0.0674. The second-order valence-corrected chi connectivity index (χ2v) is 9.15. The molecule has 1 heterocycles. The number of benzene rings is 1. The highest BCUT2D eigenvalue weighted by molar-refractivity contribution is 7.92. The molecule has 0 radical (unpaired) electrons. The Labute approximate surface area is 120 Å². The molecule has 7 heteroatoms. The van der Waals surface area contributed by atoms with Crippen molar-refractivity contribution < 1.29 is 16.8 Å². The third-order valence-electron chi connectivity index (χ3n) is 3.48. The summed E-state index contributed by atoms with van der Waals surface area (Å²) in [6.07, 6.45) is 0.393. The van der Waals surface area contributed by atoms with Gasteiger partial charge in [-0.3, -0.25) is 0 Å². The van der Waals surface area contributed by atoms with Crippen LogP contribution in [0.4, 0.5) is 0 Å². The van der Waals surface area contributed by atoms with E-state index in [1.165, 1.54) is 4.31 Å². The first-order valence-corrected chi connectivity index (χ1v) is 10.0. The summed E-state index contributed by atoms with van der Waals surface area (Å²) in [4.78, 5) is 0. The molecule has 0 aromatic heterocycles. The highest BCUT2D eigenvalue weighted by Crippen LogP contribution is 2.22. The Morgan fingerprint density at radius 2 is 1.90 bits per heavy atom. The quantitative estimate of drug-likeness (QED) is 0.813. The van der Waals surface area contributed by atoms with Crippen LogP contribution in [0.25, 0.3) is 0 Å². The third kappa shape index (κ3) is 3.59. The number of sulfone groups is 1. The molecule has 1 saturated heterocycles. The van der Waals surface area contributed by atoms with Crippen molar-refractivity contribution in [1.29, 1.82) is 0 Å². The maximum absolute atomic E-state index is 12.5. The van der Waals surface area contributed by atoms with Gasteiger partial charge in [-0.2, -0.15) is 4.31 Å². The lowest BCUT2D eigenvalue weighted by Crippen LogP contribution is -2.41. The molecule has 1 atom stereocenters. The van der Waals surface area contributed by atoms with Crippen LogP contribution in [0.2, 0.25) is 0 Å². The van der Waals surface area contributed by atoms with Crippen LogP contribution in [0.3, 0.4) is 0 Å². The molecule has 1 aliphatic heterocycles. The molecular formula is C13H19NO4S2. The zero-order chi connectivity index (χ0) is 14.8. The van der Waals surface area contributed by atoms with E-state index in [2.05, 4.69) is 0 Å². The smallest absolute Gasteiger partial charge is 0.218 e. The summed E-state index contributed by atoms with van der Waals surface area (Å²) in [6.45, 7) is 2.04. The van der Waals surface area contributed by atoms with E-state index in [-0.39, 0.29) is 17.3 Å². The highest BCUT2D eigenvalue weighted by Gasteiger charge is 2.37. The van der Waals surface area contributed by atoms with Crippen molar-refractivity contribution in [3.63, 3.8) is 0 Å². The monoisotopic (exact) mass is 317 g/mol. The van der Waals surface area contributed by atoms with Crippen molar-refractivity contribution in [3.05, 3.63) is 35.9 Å². The van der Waals surface area contributed by atoms with Crippen molar-refractivity contribution in [3.8, 4) is 0 Å². The Morgan fingerprint density at radius 3 is 2.40 bits per heavy atom. The molecule has 0 bridgehead atoms. The van der Waals surface area contributed by atoms with Gasteiger partial charge in [0.25, 0.3) is 0 Å². The van der Waals surface area contributed by atoms with Crippen LogP contribution in [0.15, 0.2) is 30.3 Å². The van der Waals surface area contributed by atoms with Crippen molar-refractivity contribution >= 4 is 19.9 Å². The Balaban J connectivity index is 2.18. The normalized spacial score (nSPS) is 22.2. The van der Waals surface area contributed by atoms with Crippen LogP contribution >= 0.6 is 0 Å². The third-order valence-corrected chi connectivity index (χ3v) is 7.20. The van der Waals surface area contributed by atoms with Gasteiger partial charge in [0.1, 0.15) is 0 Å². The lowest BCUT2D eigenvalue weighted by Gasteiger charge is -2.25. The van der Waals surface area contributed by atoms with Crippen LogP contribution in [0.1, 0.15) is 18.9 Å². The van der Waals surface area contributed by atoms with Gasteiger partial charge in [-0.25, -0.2) is 16.8 Å². The van der Waals surface area contributed by atoms with E-state index in [1.54, 1.807) is 31.2 Å². The molecule has 2 rings (SSSR count). The molecule has 1 aliphatic rings. The van der Waals surface area contributed by atoms with E-state index in [9.17, 15) is 16.8 Å². The molecule has 1 unspecified atom stereocenters. The average Bonchev–Trinajstić information content (AvgIpc) is 2.70. The van der Waals surface area contributed by atoms with E-state index in [1.807, 2.05) is 6.07 Å². The lowest BCUT2D eigenvalue weighted by molar-refractivity contribution is 0.354. The fourth-order valence-corrected chi connectivity index (χ4v) is 6.18. The molecule has 1 aromatic carbocycles. The predicted octanol–water partition coefficient (Wildman–Crippen LogP) is 1.03. The summed E-state index contributed by atoms with van der Waals surface area (Å²) in [6, 6.07) is 8.52. The zero-order valence-electron chi connectivity index (χ0n) is 11.4. The van der Waals surface area contributed by atoms with Gasteiger partial charge in [0.05, 0.1) is 17.3 Å². The Bertz CT molecular complexity index is 653. The van der Waals surface area contributed by atoms with Gasteiger partial charge in [-0.15, -0.1) is 0 Å². The molecule has 1 aromatic rings. The SMILES string of the molecule is CCN(C1CCS(=O)(=O)C1)S(=O)(=O)Cc1ccccc1.